The first-order valence-corrected chi connectivity index (χ1v) is 15.6. The molecule has 3 aromatic carbocycles. The molecular weight excluding hydrogens is 502 g/mol. The minimum absolute atomic E-state index is 0.00491. The van der Waals surface area contributed by atoms with Crippen LogP contribution in [-0.4, -0.2) is 23.5 Å². The second-order valence-corrected chi connectivity index (χ2v) is 16.7. The Balaban J connectivity index is 1.78. The van der Waals surface area contributed by atoms with Gasteiger partial charge in [-0.15, -0.1) is 0 Å². The lowest BCUT2D eigenvalue weighted by Crippen LogP contribution is -2.34. The Bertz CT molecular complexity index is 1380. The third kappa shape index (κ3) is 5.19. The van der Waals surface area contributed by atoms with E-state index in [1.807, 2.05) is 0 Å². The second kappa shape index (κ2) is 9.48. The van der Waals surface area contributed by atoms with Gasteiger partial charge in [0.05, 0.1) is 23.5 Å². The highest BCUT2D eigenvalue weighted by Crippen LogP contribution is 2.50. The number of hydrogen-bond acceptors (Lipinski definition) is 1. The Hall–Kier alpha value is -2.06. The van der Waals surface area contributed by atoms with Crippen LogP contribution in [0.2, 0.25) is 5.02 Å². The topological polar surface area (TPSA) is 3.24 Å². The van der Waals surface area contributed by atoms with Crippen molar-refractivity contribution in [1.29, 1.82) is 0 Å². The highest BCUT2D eigenvalue weighted by atomic mass is 35.5. The predicted octanol–water partition coefficient (Wildman–Crippen LogP) is 7.52. The van der Waals surface area contributed by atoms with Crippen LogP contribution in [0.1, 0.15) is 109 Å². The fourth-order valence-electron chi connectivity index (χ4n) is 7.01. The van der Waals surface area contributed by atoms with Crippen molar-refractivity contribution in [2.45, 2.75) is 108 Å². The number of benzene rings is 3. The summed E-state index contributed by atoms with van der Waals surface area (Å²) >= 11 is 6.84. The molecule has 1 nitrogen and oxygen atoms in total. The largest absolute Gasteiger partial charge is 0.310 e. The average molecular weight is 550 g/mol. The zero-order valence-electron chi connectivity index (χ0n) is 26.8. The number of halogens is 1. The maximum absolute atomic E-state index is 6.84. The Morgan fingerprint density at radius 2 is 0.950 bits per heavy atom. The van der Waals surface area contributed by atoms with Crippen molar-refractivity contribution in [3.63, 3.8) is 0 Å². The van der Waals surface area contributed by atoms with Crippen LogP contribution in [0.25, 0.3) is 0 Å². The molecule has 0 amide bonds. The molecule has 0 saturated carbocycles. The summed E-state index contributed by atoms with van der Waals surface area (Å²) in [5.74, 6) is 0. The van der Waals surface area contributed by atoms with E-state index >= 15 is 0 Å². The van der Waals surface area contributed by atoms with Crippen LogP contribution >= 0.6 is 11.6 Å². The molecule has 0 heterocycles. The average Bonchev–Trinajstić information content (AvgIpc) is 2.84. The Kier molecular flexibility index (Phi) is 6.98. The van der Waals surface area contributed by atoms with Crippen molar-refractivity contribution >= 4 is 52.2 Å². The third-order valence-electron chi connectivity index (χ3n) is 10.2. The van der Waals surface area contributed by atoms with Gasteiger partial charge in [0.1, 0.15) is 0 Å². The van der Waals surface area contributed by atoms with E-state index in [2.05, 4.69) is 138 Å². The molecule has 0 bridgehead atoms. The van der Waals surface area contributed by atoms with E-state index in [1.165, 1.54) is 64.9 Å². The smallest absolute Gasteiger partial charge is 0.0955 e. The summed E-state index contributed by atoms with van der Waals surface area (Å²) in [6.07, 6.45) is 4.83. The van der Waals surface area contributed by atoms with Crippen LogP contribution in [0.4, 0.5) is 17.1 Å². The van der Waals surface area contributed by atoms with Gasteiger partial charge in [-0.25, -0.2) is 0 Å². The Morgan fingerprint density at radius 1 is 0.550 bits per heavy atom. The number of nitrogens with zero attached hydrogens (tertiary/aromatic N) is 1. The van der Waals surface area contributed by atoms with Gasteiger partial charge in [-0.05, 0) is 112 Å². The van der Waals surface area contributed by atoms with Crippen molar-refractivity contribution < 1.29 is 0 Å². The summed E-state index contributed by atoms with van der Waals surface area (Å²) < 4.78 is 0. The maximum atomic E-state index is 6.84. The van der Waals surface area contributed by atoms with Gasteiger partial charge in [0.15, 0.2) is 0 Å². The van der Waals surface area contributed by atoms with Gasteiger partial charge in [0, 0.05) is 22.1 Å². The summed E-state index contributed by atoms with van der Waals surface area (Å²) in [6, 6.07) is 21.0. The van der Waals surface area contributed by atoms with E-state index in [0.29, 0.717) is 0 Å². The first kappa shape index (κ1) is 29.4. The van der Waals surface area contributed by atoms with Gasteiger partial charge >= 0.3 is 0 Å². The first-order valence-electron chi connectivity index (χ1n) is 15.2. The van der Waals surface area contributed by atoms with Gasteiger partial charge in [0.25, 0.3) is 0 Å². The zero-order chi connectivity index (χ0) is 29.5. The number of rotatable bonds is 4. The minimum atomic E-state index is -0.00491. The molecule has 0 saturated heterocycles. The number of anilines is 3. The van der Waals surface area contributed by atoms with Crippen LogP contribution in [0, 0.1) is 0 Å². The number of hydrogen-bond donors (Lipinski definition) is 0. The molecule has 40 heavy (non-hydrogen) atoms. The van der Waals surface area contributed by atoms with Crippen LogP contribution in [-0.2, 0) is 26.8 Å². The molecule has 5 heteroatoms. The maximum Gasteiger partial charge on any atom is 0.0955 e. The van der Waals surface area contributed by atoms with E-state index < -0.39 is 0 Å². The van der Waals surface area contributed by atoms with E-state index in [1.54, 1.807) is 0 Å². The molecule has 0 radical (unpaired) electrons. The molecular formula is C35H47B3ClN. The SMILES string of the molecule is BC(B)(B)c1cc(Cl)cc(N(c2ccc3c(c2)C(C)(C)CCC3(C)C)c2ccc3c(c2)C(C)(C)CCC3(C)C)c1. The molecule has 0 N–H and O–H groups in total. The van der Waals surface area contributed by atoms with Crippen molar-refractivity contribution in [3.8, 4) is 0 Å². The van der Waals surface area contributed by atoms with Gasteiger partial charge in [0.2, 0.25) is 0 Å². The third-order valence-corrected chi connectivity index (χ3v) is 10.4. The second-order valence-electron chi connectivity index (χ2n) is 16.3. The van der Waals surface area contributed by atoms with E-state index in [9.17, 15) is 0 Å². The van der Waals surface area contributed by atoms with Gasteiger partial charge < -0.3 is 4.90 Å². The fraction of sp³-hybridized carbons (Fsp3) is 0.486. The Morgan fingerprint density at radius 3 is 1.35 bits per heavy atom. The summed E-state index contributed by atoms with van der Waals surface area (Å²) in [4.78, 5) is 2.46. The first-order chi connectivity index (χ1) is 18.3. The number of fused-ring (bicyclic) bond motifs is 2. The molecule has 0 aliphatic heterocycles. The summed E-state index contributed by atoms with van der Waals surface area (Å²) in [6.45, 7) is 19.3. The van der Waals surface area contributed by atoms with Crippen molar-refractivity contribution in [3.05, 3.63) is 87.4 Å². The molecule has 3 aromatic rings. The molecule has 0 spiro atoms. The minimum Gasteiger partial charge on any atom is -0.310 e. The van der Waals surface area contributed by atoms with Crippen LogP contribution < -0.4 is 4.90 Å². The highest BCUT2D eigenvalue weighted by Gasteiger charge is 2.39. The molecule has 208 valence electrons. The van der Waals surface area contributed by atoms with Crippen LogP contribution in [0.5, 0.6) is 0 Å². The molecule has 5 rings (SSSR count). The van der Waals surface area contributed by atoms with E-state index in [0.717, 1.165) is 10.7 Å². The quantitative estimate of drug-likeness (QED) is 0.304. The lowest BCUT2D eigenvalue weighted by Gasteiger charge is -2.43. The van der Waals surface area contributed by atoms with E-state index in [-0.39, 0.29) is 26.8 Å². The monoisotopic (exact) mass is 549 g/mol. The standard InChI is InChI=1S/C35H47B3ClN/c1-31(2)13-15-33(5,6)29-20-24(9-11-27(29)31)40(26-18-22(35(36,37)38)17-23(39)19-26)25-10-12-28-30(21-25)34(7,8)16-14-32(28,3)4/h9-12,17-21H,13-16,36-38H2,1-8H3. The molecule has 0 aromatic heterocycles. The highest BCUT2D eigenvalue weighted by molar-refractivity contribution is 6.59. The fourth-order valence-corrected chi connectivity index (χ4v) is 7.24. The molecule has 0 atom stereocenters. The summed E-state index contributed by atoms with van der Waals surface area (Å²) in [5.41, 5.74) is 11.4. The normalized spacial score (nSPS) is 20.3. The van der Waals surface area contributed by atoms with Crippen molar-refractivity contribution in [2.24, 2.45) is 0 Å². The predicted molar refractivity (Wildman–Crippen MR) is 184 cm³/mol. The molecule has 0 fully saturated rings. The van der Waals surface area contributed by atoms with Crippen LogP contribution in [0.15, 0.2) is 54.6 Å². The van der Waals surface area contributed by atoms with Crippen LogP contribution in [0.3, 0.4) is 0 Å². The Labute approximate surface area is 251 Å². The van der Waals surface area contributed by atoms with Gasteiger partial charge in [-0.1, -0.05) is 89.8 Å². The van der Waals surface area contributed by atoms with Crippen molar-refractivity contribution in [1.82, 2.24) is 0 Å². The lowest BCUT2D eigenvalue weighted by atomic mass is 9.40. The van der Waals surface area contributed by atoms with Gasteiger partial charge in [-0.2, -0.15) is 0 Å². The molecule has 2 aliphatic carbocycles. The van der Waals surface area contributed by atoms with Crippen molar-refractivity contribution in [2.75, 3.05) is 4.90 Å². The molecule has 0 unspecified atom stereocenters. The zero-order valence-corrected chi connectivity index (χ0v) is 27.6. The van der Waals surface area contributed by atoms with Gasteiger partial charge in [-0.3, -0.25) is 0 Å². The summed E-state index contributed by atoms with van der Waals surface area (Å²) in [7, 11) is 6.79. The molecule has 2 aliphatic rings. The lowest BCUT2D eigenvalue weighted by molar-refractivity contribution is 0.332. The summed E-state index contributed by atoms with van der Waals surface area (Å²) in [5, 5.41) is 0.779. The van der Waals surface area contributed by atoms with E-state index in [4.69, 9.17) is 11.6 Å².